The standard InChI is InChI=1S/C21H21F2N5OS2/c22-16-3-1-15(2-4-16)13-24-19(29)14-30-21-26-25-20(31-21)28-11-9-27(10-12-28)18-7-5-17(23)6-8-18/h1-8H,9-14H2,(H,24,29). The number of piperazine rings is 1. The molecule has 1 aliphatic rings. The third kappa shape index (κ3) is 5.92. The van der Waals surface area contributed by atoms with E-state index in [2.05, 4.69) is 25.3 Å². The Bertz CT molecular complexity index is 1010. The molecule has 0 saturated carbocycles. The molecule has 1 aromatic heterocycles. The number of benzene rings is 2. The maximum atomic E-state index is 13.1. The van der Waals surface area contributed by atoms with E-state index in [4.69, 9.17) is 0 Å². The Morgan fingerprint density at radius 3 is 2.23 bits per heavy atom. The molecule has 31 heavy (non-hydrogen) atoms. The van der Waals surface area contributed by atoms with Crippen LogP contribution in [0.25, 0.3) is 0 Å². The summed E-state index contributed by atoms with van der Waals surface area (Å²) < 4.78 is 26.8. The SMILES string of the molecule is O=C(CSc1nnc(N2CCN(c3ccc(F)cc3)CC2)s1)NCc1ccc(F)cc1. The van der Waals surface area contributed by atoms with E-state index in [-0.39, 0.29) is 23.3 Å². The van der Waals surface area contributed by atoms with Gasteiger partial charge in [-0.15, -0.1) is 10.2 Å². The van der Waals surface area contributed by atoms with E-state index < -0.39 is 0 Å². The lowest BCUT2D eigenvalue weighted by Gasteiger charge is -2.35. The van der Waals surface area contributed by atoms with E-state index in [1.807, 2.05) is 0 Å². The normalized spacial score (nSPS) is 14.0. The van der Waals surface area contributed by atoms with Crippen molar-refractivity contribution in [3.8, 4) is 0 Å². The highest BCUT2D eigenvalue weighted by molar-refractivity contribution is 8.01. The van der Waals surface area contributed by atoms with Gasteiger partial charge in [0.15, 0.2) is 4.34 Å². The van der Waals surface area contributed by atoms with Gasteiger partial charge in [-0.25, -0.2) is 8.78 Å². The Morgan fingerprint density at radius 1 is 0.935 bits per heavy atom. The molecule has 1 amide bonds. The van der Waals surface area contributed by atoms with Gasteiger partial charge in [-0.3, -0.25) is 4.79 Å². The van der Waals surface area contributed by atoms with Crippen molar-refractivity contribution in [3.63, 3.8) is 0 Å². The third-order valence-corrected chi connectivity index (χ3v) is 6.98. The van der Waals surface area contributed by atoms with E-state index in [0.717, 1.165) is 46.9 Å². The molecule has 1 aliphatic heterocycles. The van der Waals surface area contributed by atoms with Gasteiger partial charge in [0.25, 0.3) is 0 Å². The molecule has 1 N–H and O–H groups in total. The van der Waals surface area contributed by atoms with Crippen molar-refractivity contribution in [2.24, 2.45) is 0 Å². The van der Waals surface area contributed by atoms with Crippen LogP contribution in [0.3, 0.4) is 0 Å². The number of carbonyl (C=O) groups excluding carboxylic acids is 1. The van der Waals surface area contributed by atoms with E-state index in [9.17, 15) is 13.6 Å². The van der Waals surface area contributed by atoms with Gasteiger partial charge in [0, 0.05) is 38.4 Å². The van der Waals surface area contributed by atoms with Gasteiger partial charge in [0.05, 0.1) is 5.75 Å². The van der Waals surface area contributed by atoms with E-state index in [1.54, 1.807) is 24.3 Å². The first kappa shape index (κ1) is 21.5. The number of hydrogen-bond donors (Lipinski definition) is 1. The molecule has 10 heteroatoms. The second-order valence-electron chi connectivity index (χ2n) is 6.99. The summed E-state index contributed by atoms with van der Waals surface area (Å²) in [5.74, 6) is -0.396. The number of thioether (sulfide) groups is 1. The molecule has 4 rings (SSSR count). The summed E-state index contributed by atoms with van der Waals surface area (Å²) >= 11 is 2.82. The van der Waals surface area contributed by atoms with Gasteiger partial charge in [-0.05, 0) is 42.0 Å². The molecule has 3 aromatic rings. The first-order valence-electron chi connectivity index (χ1n) is 9.80. The fourth-order valence-corrected chi connectivity index (χ4v) is 4.90. The molecule has 2 heterocycles. The van der Waals surface area contributed by atoms with Crippen LogP contribution in [0, 0.1) is 11.6 Å². The molecular weight excluding hydrogens is 440 g/mol. The molecule has 0 unspecified atom stereocenters. The molecule has 0 aliphatic carbocycles. The Morgan fingerprint density at radius 2 is 1.55 bits per heavy atom. The van der Waals surface area contributed by atoms with Gasteiger partial charge in [-0.1, -0.05) is 35.2 Å². The smallest absolute Gasteiger partial charge is 0.230 e. The highest BCUT2D eigenvalue weighted by Crippen LogP contribution is 2.29. The first-order chi connectivity index (χ1) is 15.1. The molecule has 1 saturated heterocycles. The predicted octanol–water partition coefficient (Wildman–Crippen LogP) is 3.55. The number of nitrogens with zero attached hydrogens (tertiary/aromatic N) is 4. The quantitative estimate of drug-likeness (QED) is 0.543. The highest BCUT2D eigenvalue weighted by atomic mass is 32.2. The largest absolute Gasteiger partial charge is 0.368 e. The minimum absolute atomic E-state index is 0.112. The summed E-state index contributed by atoms with van der Waals surface area (Å²) in [6, 6.07) is 12.6. The van der Waals surface area contributed by atoms with Crippen LogP contribution in [0.4, 0.5) is 19.6 Å². The number of aromatic nitrogens is 2. The summed E-state index contributed by atoms with van der Waals surface area (Å²) in [5, 5.41) is 12.1. The predicted molar refractivity (Wildman–Crippen MR) is 120 cm³/mol. The number of hydrogen-bond acceptors (Lipinski definition) is 7. The zero-order chi connectivity index (χ0) is 21.6. The molecule has 0 bridgehead atoms. The Labute approximate surface area is 187 Å². The van der Waals surface area contributed by atoms with E-state index >= 15 is 0 Å². The number of nitrogens with one attached hydrogen (secondary N) is 1. The molecule has 0 spiro atoms. The van der Waals surface area contributed by atoms with Gasteiger partial charge in [0.1, 0.15) is 11.6 Å². The van der Waals surface area contributed by atoms with Crippen LogP contribution in [-0.4, -0.2) is 48.0 Å². The maximum Gasteiger partial charge on any atom is 0.230 e. The summed E-state index contributed by atoms with van der Waals surface area (Å²) in [4.78, 5) is 16.5. The Hall–Kier alpha value is -2.72. The molecule has 1 fully saturated rings. The van der Waals surface area contributed by atoms with Crippen molar-refractivity contribution in [3.05, 3.63) is 65.7 Å². The summed E-state index contributed by atoms with van der Waals surface area (Å²) in [5.41, 5.74) is 1.86. The average Bonchev–Trinajstić information content (AvgIpc) is 3.27. The van der Waals surface area contributed by atoms with Gasteiger partial charge in [-0.2, -0.15) is 0 Å². The number of carbonyl (C=O) groups is 1. The molecular formula is C21H21F2N5OS2. The minimum atomic E-state index is -0.297. The lowest BCUT2D eigenvalue weighted by Crippen LogP contribution is -2.46. The van der Waals surface area contributed by atoms with Gasteiger partial charge < -0.3 is 15.1 Å². The lowest BCUT2D eigenvalue weighted by molar-refractivity contribution is -0.118. The lowest BCUT2D eigenvalue weighted by atomic mass is 10.2. The fraction of sp³-hybridized carbons (Fsp3) is 0.286. The summed E-state index contributed by atoms with van der Waals surface area (Å²) in [7, 11) is 0. The van der Waals surface area contributed by atoms with Crippen LogP contribution in [0.15, 0.2) is 52.9 Å². The van der Waals surface area contributed by atoms with Crippen molar-refractivity contribution in [2.45, 2.75) is 10.9 Å². The molecule has 0 radical (unpaired) electrons. The maximum absolute atomic E-state index is 13.1. The topological polar surface area (TPSA) is 61.4 Å². The summed E-state index contributed by atoms with van der Waals surface area (Å²) in [6.07, 6.45) is 0. The molecule has 2 aromatic carbocycles. The summed E-state index contributed by atoms with van der Waals surface area (Å²) in [6.45, 7) is 3.60. The Kier molecular flexibility index (Phi) is 6.98. The Balaban J connectivity index is 1.22. The van der Waals surface area contributed by atoms with Crippen molar-refractivity contribution in [1.82, 2.24) is 15.5 Å². The van der Waals surface area contributed by atoms with E-state index in [0.29, 0.717) is 6.54 Å². The van der Waals surface area contributed by atoms with Gasteiger partial charge >= 0.3 is 0 Å². The number of amides is 1. The molecule has 0 atom stereocenters. The minimum Gasteiger partial charge on any atom is -0.368 e. The zero-order valence-electron chi connectivity index (χ0n) is 16.6. The number of rotatable bonds is 7. The number of anilines is 2. The van der Waals surface area contributed by atoms with Crippen molar-refractivity contribution in [2.75, 3.05) is 41.7 Å². The fourth-order valence-electron chi connectivity index (χ4n) is 3.18. The van der Waals surface area contributed by atoms with E-state index in [1.165, 1.54) is 47.4 Å². The molecule has 162 valence electrons. The van der Waals surface area contributed by atoms with Crippen LogP contribution < -0.4 is 15.1 Å². The highest BCUT2D eigenvalue weighted by Gasteiger charge is 2.20. The average molecular weight is 462 g/mol. The molecule has 6 nitrogen and oxygen atoms in total. The monoisotopic (exact) mass is 461 g/mol. The van der Waals surface area contributed by atoms with Crippen molar-refractivity contribution >= 4 is 39.8 Å². The van der Waals surface area contributed by atoms with Crippen LogP contribution in [-0.2, 0) is 11.3 Å². The second-order valence-corrected chi connectivity index (χ2v) is 9.17. The first-order valence-corrected chi connectivity index (χ1v) is 11.6. The number of halogens is 2. The van der Waals surface area contributed by atoms with Crippen molar-refractivity contribution in [1.29, 1.82) is 0 Å². The van der Waals surface area contributed by atoms with Gasteiger partial charge in [0.2, 0.25) is 11.0 Å². The van der Waals surface area contributed by atoms with Crippen molar-refractivity contribution < 1.29 is 13.6 Å². The second kappa shape index (κ2) is 10.1. The van der Waals surface area contributed by atoms with Crippen LogP contribution in [0.1, 0.15) is 5.56 Å². The van der Waals surface area contributed by atoms with Crippen LogP contribution in [0.2, 0.25) is 0 Å². The van der Waals surface area contributed by atoms with Crippen LogP contribution >= 0.6 is 23.1 Å². The van der Waals surface area contributed by atoms with Crippen LogP contribution in [0.5, 0.6) is 0 Å². The third-order valence-electron chi connectivity index (χ3n) is 4.87. The zero-order valence-corrected chi connectivity index (χ0v) is 18.3.